The zero-order chi connectivity index (χ0) is 9.97. The summed E-state index contributed by atoms with van der Waals surface area (Å²) in [5.74, 6) is -0.120. The topological polar surface area (TPSA) is 23.8 Å². The van der Waals surface area contributed by atoms with Gasteiger partial charge in [0.1, 0.15) is 5.83 Å². The Morgan fingerprint density at radius 2 is 2.07 bits per heavy atom. The first-order chi connectivity index (χ1) is 6.83. The van der Waals surface area contributed by atoms with Crippen molar-refractivity contribution in [3.05, 3.63) is 41.2 Å². The summed E-state index contributed by atoms with van der Waals surface area (Å²) in [6.07, 6.45) is 1.35. The normalized spacial score (nSPS) is 14.9. The fourth-order valence-corrected chi connectivity index (χ4v) is 1.84. The van der Waals surface area contributed by atoms with Crippen LogP contribution in [0.15, 0.2) is 30.1 Å². The Hall–Kier alpha value is -1.62. The molecule has 0 N–H and O–H groups in total. The van der Waals surface area contributed by atoms with E-state index in [1.165, 1.54) is 0 Å². The molecule has 0 fully saturated rings. The lowest BCUT2D eigenvalue weighted by Crippen LogP contribution is -2.02. The first kappa shape index (κ1) is 8.96. The molecule has 0 amide bonds. The molecule has 70 valence electrons. The molecule has 2 heteroatoms. The third-order valence-electron chi connectivity index (χ3n) is 2.54. The predicted octanol–water partition coefficient (Wildman–Crippen LogP) is 3.23. The number of hydrogen-bond donors (Lipinski definition) is 0. The SMILES string of the molecule is N#CCC1=C(F)CCc2ccccc21. The van der Waals surface area contributed by atoms with Crippen LogP contribution in [0.4, 0.5) is 4.39 Å². The molecule has 1 nitrogen and oxygen atoms in total. The van der Waals surface area contributed by atoms with Gasteiger partial charge in [0.2, 0.25) is 0 Å². The highest BCUT2D eigenvalue weighted by molar-refractivity contribution is 5.73. The van der Waals surface area contributed by atoms with Crippen molar-refractivity contribution in [3.63, 3.8) is 0 Å². The molecule has 1 aliphatic carbocycles. The van der Waals surface area contributed by atoms with E-state index in [1.54, 1.807) is 0 Å². The van der Waals surface area contributed by atoms with Crippen LogP contribution in [-0.2, 0) is 6.42 Å². The van der Waals surface area contributed by atoms with Gasteiger partial charge in [0.15, 0.2) is 0 Å². The quantitative estimate of drug-likeness (QED) is 0.662. The van der Waals surface area contributed by atoms with Crippen molar-refractivity contribution < 1.29 is 4.39 Å². The van der Waals surface area contributed by atoms with E-state index in [0.717, 1.165) is 17.5 Å². The van der Waals surface area contributed by atoms with E-state index in [1.807, 2.05) is 30.3 Å². The van der Waals surface area contributed by atoms with Crippen LogP contribution in [0.2, 0.25) is 0 Å². The summed E-state index contributed by atoms with van der Waals surface area (Å²) in [6, 6.07) is 9.73. The van der Waals surface area contributed by atoms with Crippen molar-refractivity contribution in [1.82, 2.24) is 0 Å². The fraction of sp³-hybridized carbons (Fsp3) is 0.250. The summed E-state index contributed by atoms with van der Waals surface area (Å²) in [5, 5.41) is 8.61. The summed E-state index contributed by atoms with van der Waals surface area (Å²) in [5.41, 5.74) is 2.64. The van der Waals surface area contributed by atoms with E-state index in [0.29, 0.717) is 12.0 Å². The molecule has 1 aromatic carbocycles. The molecule has 0 aromatic heterocycles. The summed E-state index contributed by atoms with van der Waals surface area (Å²) >= 11 is 0. The van der Waals surface area contributed by atoms with Gasteiger partial charge in [-0.25, -0.2) is 4.39 Å². The van der Waals surface area contributed by atoms with Crippen LogP contribution < -0.4 is 0 Å². The largest absolute Gasteiger partial charge is 0.211 e. The molecule has 0 radical (unpaired) electrons. The summed E-state index contributed by atoms with van der Waals surface area (Å²) in [6.45, 7) is 0. The van der Waals surface area contributed by atoms with Gasteiger partial charge in [-0.15, -0.1) is 0 Å². The molecule has 14 heavy (non-hydrogen) atoms. The van der Waals surface area contributed by atoms with Gasteiger partial charge < -0.3 is 0 Å². The third-order valence-corrected chi connectivity index (χ3v) is 2.54. The van der Waals surface area contributed by atoms with E-state index in [2.05, 4.69) is 0 Å². The number of aryl methyl sites for hydroxylation is 1. The molecule has 0 bridgehead atoms. The Labute approximate surface area is 82.5 Å². The fourth-order valence-electron chi connectivity index (χ4n) is 1.84. The van der Waals surface area contributed by atoms with Crippen molar-refractivity contribution in [2.75, 3.05) is 0 Å². The molecule has 0 heterocycles. The monoisotopic (exact) mass is 187 g/mol. The Morgan fingerprint density at radius 3 is 2.86 bits per heavy atom. The second kappa shape index (κ2) is 3.63. The molecule has 0 saturated carbocycles. The maximum Gasteiger partial charge on any atom is 0.105 e. The second-order valence-electron chi connectivity index (χ2n) is 3.38. The third kappa shape index (κ3) is 1.42. The van der Waals surface area contributed by atoms with E-state index >= 15 is 0 Å². The molecule has 0 saturated heterocycles. The molecule has 1 aromatic rings. The minimum atomic E-state index is -0.120. The lowest BCUT2D eigenvalue weighted by molar-refractivity contribution is 0.583. The van der Waals surface area contributed by atoms with Gasteiger partial charge in [-0.1, -0.05) is 24.3 Å². The smallest absolute Gasteiger partial charge is 0.105 e. The summed E-state index contributed by atoms with van der Waals surface area (Å²) in [4.78, 5) is 0. The number of hydrogen-bond acceptors (Lipinski definition) is 1. The Morgan fingerprint density at radius 1 is 1.29 bits per heavy atom. The van der Waals surface area contributed by atoms with Gasteiger partial charge >= 0.3 is 0 Å². The number of fused-ring (bicyclic) bond motifs is 1. The maximum atomic E-state index is 13.4. The minimum Gasteiger partial charge on any atom is -0.211 e. The van der Waals surface area contributed by atoms with Crippen LogP contribution in [0.1, 0.15) is 24.0 Å². The lowest BCUT2D eigenvalue weighted by Gasteiger charge is -2.17. The Kier molecular flexibility index (Phi) is 2.32. The lowest BCUT2D eigenvalue weighted by atomic mass is 9.89. The highest BCUT2D eigenvalue weighted by Gasteiger charge is 2.17. The molecule has 0 aliphatic heterocycles. The summed E-state index contributed by atoms with van der Waals surface area (Å²) < 4.78 is 13.4. The average molecular weight is 187 g/mol. The highest BCUT2D eigenvalue weighted by atomic mass is 19.1. The molecule has 2 rings (SSSR count). The first-order valence-corrected chi connectivity index (χ1v) is 4.65. The number of nitrogens with zero attached hydrogens (tertiary/aromatic N) is 1. The van der Waals surface area contributed by atoms with Crippen molar-refractivity contribution in [2.24, 2.45) is 0 Å². The van der Waals surface area contributed by atoms with E-state index in [-0.39, 0.29) is 12.2 Å². The standard InChI is InChI=1S/C12H10FN/c13-12-6-5-9-3-1-2-4-10(9)11(12)7-8-14/h1-4H,5-7H2. The first-order valence-electron chi connectivity index (χ1n) is 4.65. The zero-order valence-electron chi connectivity index (χ0n) is 7.76. The minimum absolute atomic E-state index is 0.120. The molecular weight excluding hydrogens is 177 g/mol. The molecule has 0 spiro atoms. The van der Waals surface area contributed by atoms with E-state index in [4.69, 9.17) is 5.26 Å². The molecular formula is C12H10FN. The summed E-state index contributed by atoms with van der Waals surface area (Å²) in [7, 11) is 0. The number of rotatable bonds is 1. The van der Waals surface area contributed by atoms with Crippen molar-refractivity contribution in [3.8, 4) is 6.07 Å². The van der Waals surface area contributed by atoms with Crippen molar-refractivity contribution >= 4 is 5.57 Å². The van der Waals surface area contributed by atoms with Gasteiger partial charge in [-0.2, -0.15) is 5.26 Å². The molecule has 0 atom stereocenters. The van der Waals surface area contributed by atoms with Crippen molar-refractivity contribution in [1.29, 1.82) is 5.26 Å². The number of halogens is 1. The van der Waals surface area contributed by atoms with E-state index in [9.17, 15) is 4.39 Å². The van der Waals surface area contributed by atoms with Crippen LogP contribution in [0.5, 0.6) is 0 Å². The maximum absolute atomic E-state index is 13.4. The Bertz CT molecular complexity index is 426. The van der Waals surface area contributed by atoms with Gasteiger partial charge in [0.25, 0.3) is 0 Å². The zero-order valence-corrected chi connectivity index (χ0v) is 7.76. The number of allylic oxidation sites excluding steroid dienone is 2. The number of benzene rings is 1. The molecule has 0 unspecified atom stereocenters. The van der Waals surface area contributed by atoms with Crippen LogP contribution in [0.3, 0.4) is 0 Å². The average Bonchev–Trinajstić information content (AvgIpc) is 2.23. The van der Waals surface area contributed by atoms with Gasteiger partial charge in [0.05, 0.1) is 12.5 Å². The van der Waals surface area contributed by atoms with Gasteiger partial charge in [-0.3, -0.25) is 0 Å². The van der Waals surface area contributed by atoms with Crippen LogP contribution in [0.25, 0.3) is 5.57 Å². The Balaban J connectivity index is 2.51. The molecule has 1 aliphatic rings. The van der Waals surface area contributed by atoms with E-state index < -0.39 is 0 Å². The number of nitriles is 1. The van der Waals surface area contributed by atoms with Crippen LogP contribution in [0, 0.1) is 11.3 Å². The van der Waals surface area contributed by atoms with Gasteiger partial charge in [-0.05, 0) is 17.5 Å². The van der Waals surface area contributed by atoms with Gasteiger partial charge in [0, 0.05) is 12.0 Å². The second-order valence-corrected chi connectivity index (χ2v) is 3.38. The van der Waals surface area contributed by atoms with Crippen molar-refractivity contribution in [2.45, 2.75) is 19.3 Å². The van der Waals surface area contributed by atoms with Crippen LogP contribution in [-0.4, -0.2) is 0 Å². The van der Waals surface area contributed by atoms with Crippen LogP contribution >= 0.6 is 0 Å². The highest BCUT2D eigenvalue weighted by Crippen LogP contribution is 2.33. The predicted molar refractivity (Wildman–Crippen MR) is 53.0 cm³/mol.